The number of para-hydroxylation sites is 1. The van der Waals surface area contributed by atoms with Gasteiger partial charge in [0.15, 0.2) is 17.8 Å². The third-order valence-electron chi connectivity index (χ3n) is 3.19. The summed E-state index contributed by atoms with van der Waals surface area (Å²) < 4.78 is 11.7. The lowest BCUT2D eigenvalue weighted by Crippen LogP contribution is -2.24. The predicted molar refractivity (Wildman–Crippen MR) is 74.6 cm³/mol. The Bertz CT molecular complexity index is 665. The zero-order chi connectivity index (χ0) is 14.2. The van der Waals surface area contributed by atoms with Gasteiger partial charge in [-0.1, -0.05) is 12.1 Å². The minimum Gasteiger partial charge on any atom is -0.483 e. The molecule has 2 aromatic rings. The fourth-order valence-electron chi connectivity index (χ4n) is 2.35. The van der Waals surface area contributed by atoms with Crippen LogP contribution in [0.2, 0.25) is 0 Å². The SMILES string of the molecule is CC1(C)Cc2cccc(Oc3ncccc3C=O)c2O1. The van der Waals surface area contributed by atoms with Crippen LogP contribution in [0.4, 0.5) is 0 Å². The highest BCUT2D eigenvalue weighted by Gasteiger charge is 2.32. The van der Waals surface area contributed by atoms with Crippen LogP contribution in [0.5, 0.6) is 17.4 Å². The van der Waals surface area contributed by atoms with Gasteiger partial charge in [0, 0.05) is 18.2 Å². The van der Waals surface area contributed by atoms with Gasteiger partial charge in [-0.05, 0) is 32.0 Å². The average molecular weight is 269 g/mol. The van der Waals surface area contributed by atoms with E-state index in [-0.39, 0.29) is 5.60 Å². The van der Waals surface area contributed by atoms with E-state index in [2.05, 4.69) is 4.98 Å². The molecule has 102 valence electrons. The molecule has 4 heteroatoms. The van der Waals surface area contributed by atoms with Crippen molar-refractivity contribution in [2.75, 3.05) is 0 Å². The van der Waals surface area contributed by atoms with Crippen LogP contribution in [0.1, 0.15) is 29.8 Å². The van der Waals surface area contributed by atoms with Gasteiger partial charge in [-0.15, -0.1) is 0 Å². The van der Waals surface area contributed by atoms with Crippen molar-refractivity contribution in [2.45, 2.75) is 25.9 Å². The fourth-order valence-corrected chi connectivity index (χ4v) is 2.35. The normalized spacial score (nSPS) is 15.3. The molecular formula is C16H15NO3. The van der Waals surface area contributed by atoms with E-state index in [1.54, 1.807) is 18.3 Å². The lowest BCUT2D eigenvalue weighted by molar-refractivity contribution is 0.111. The van der Waals surface area contributed by atoms with E-state index in [9.17, 15) is 4.79 Å². The molecule has 1 aliphatic rings. The molecule has 0 aliphatic carbocycles. The number of carbonyl (C=O) groups excluding carboxylic acids is 1. The Hall–Kier alpha value is -2.36. The summed E-state index contributed by atoms with van der Waals surface area (Å²) in [5.74, 6) is 1.62. The Morgan fingerprint density at radius 2 is 2.15 bits per heavy atom. The Kier molecular flexibility index (Phi) is 2.93. The number of benzene rings is 1. The molecule has 4 nitrogen and oxygen atoms in total. The van der Waals surface area contributed by atoms with Crippen LogP contribution in [-0.4, -0.2) is 16.9 Å². The molecule has 0 N–H and O–H groups in total. The Balaban J connectivity index is 1.98. The number of hydrogen-bond acceptors (Lipinski definition) is 4. The van der Waals surface area contributed by atoms with E-state index in [0.29, 0.717) is 17.2 Å². The zero-order valence-electron chi connectivity index (χ0n) is 11.4. The molecule has 20 heavy (non-hydrogen) atoms. The molecule has 1 aliphatic heterocycles. The maximum Gasteiger partial charge on any atom is 0.229 e. The molecule has 1 aromatic carbocycles. The molecular weight excluding hydrogens is 254 g/mol. The van der Waals surface area contributed by atoms with E-state index in [1.807, 2.05) is 32.0 Å². The number of aldehydes is 1. The monoisotopic (exact) mass is 269 g/mol. The number of rotatable bonds is 3. The largest absolute Gasteiger partial charge is 0.483 e. The summed E-state index contributed by atoms with van der Waals surface area (Å²) in [5, 5.41) is 0. The fraction of sp³-hybridized carbons (Fsp3) is 0.250. The first kappa shape index (κ1) is 12.7. The van der Waals surface area contributed by atoms with Gasteiger partial charge in [0.1, 0.15) is 5.60 Å². The van der Waals surface area contributed by atoms with Crippen molar-refractivity contribution in [1.82, 2.24) is 4.98 Å². The van der Waals surface area contributed by atoms with Gasteiger partial charge in [-0.25, -0.2) is 4.98 Å². The highest BCUT2D eigenvalue weighted by Crippen LogP contribution is 2.43. The average Bonchev–Trinajstić information content (AvgIpc) is 2.74. The van der Waals surface area contributed by atoms with Crippen molar-refractivity contribution in [3.05, 3.63) is 47.7 Å². The van der Waals surface area contributed by atoms with Crippen LogP contribution in [-0.2, 0) is 6.42 Å². The van der Waals surface area contributed by atoms with Crippen LogP contribution in [0.3, 0.4) is 0 Å². The highest BCUT2D eigenvalue weighted by molar-refractivity contribution is 5.78. The van der Waals surface area contributed by atoms with Gasteiger partial charge in [-0.3, -0.25) is 4.79 Å². The van der Waals surface area contributed by atoms with E-state index in [4.69, 9.17) is 9.47 Å². The summed E-state index contributed by atoms with van der Waals surface area (Å²) in [4.78, 5) is 15.1. The Labute approximate surface area is 117 Å². The molecule has 0 saturated carbocycles. The van der Waals surface area contributed by atoms with E-state index in [1.165, 1.54) is 0 Å². The standard InChI is InChI=1S/C16H15NO3/c1-16(2)9-11-5-3-7-13(14(11)20-16)19-15-12(10-18)6-4-8-17-15/h3-8,10H,9H2,1-2H3. The molecule has 0 amide bonds. The second-order valence-corrected chi connectivity index (χ2v) is 5.40. The van der Waals surface area contributed by atoms with Gasteiger partial charge < -0.3 is 9.47 Å². The van der Waals surface area contributed by atoms with Crippen molar-refractivity contribution in [1.29, 1.82) is 0 Å². The summed E-state index contributed by atoms with van der Waals surface area (Å²) in [5.41, 5.74) is 1.29. The number of aromatic nitrogens is 1. The van der Waals surface area contributed by atoms with E-state index in [0.717, 1.165) is 24.0 Å². The van der Waals surface area contributed by atoms with Crippen molar-refractivity contribution >= 4 is 6.29 Å². The van der Waals surface area contributed by atoms with Crippen LogP contribution in [0.15, 0.2) is 36.5 Å². The lowest BCUT2D eigenvalue weighted by atomic mass is 10.0. The minimum absolute atomic E-state index is 0.237. The summed E-state index contributed by atoms with van der Waals surface area (Å²) in [7, 11) is 0. The summed E-state index contributed by atoms with van der Waals surface area (Å²) in [6.07, 6.45) is 3.16. The maximum absolute atomic E-state index is 11.0. The zero-order valence-corrected chi connectivity index (χ0v) is 11.4. The first-order valence-corrected chi connectivity index (χ1v) is 6.48. The molecule has 0 unspecified atom stereocenters. The van der Waals surface area contributed by atoms with Crippen LogP contribution >= 0.6 is 0 Å². The van der Waals surface area contributed by atoms with E-state index < -0.39 is 0 Å². The van der Waals surface area contributed by atoms with E-state index >= 15 is 0 Å². The molecule has 0 spiro atoms. The third kappa shape index (κ3) is 2.25. The van der Waals surface area contributed by atoms with Crippen LogP contribution in [0.25, 0.3) is 0 Å². The molecule has 3 rings (SSSR count). The molecule has 1 aromatic heterocycles. The predicted octanol–water partition coefficient (Wildman–Crippen LogP) is 3.40. The number of carbonyl (C=O) groups is 1. The number of ether oxygens (including phenoxy) is 2. The van der Waals surface area contributed by atoms with Crippen LogP contribution in [0, 0.1) is 0 Å². The maximum atomic E-state index is 11.0. The Morgan fingerprint density at radius 1 is 1.30 bits per heavy atom. The molecule has 0 atom stereocenters. The highest BCUT2D eigenvalue weighted by atomic mass is 16.5. The van der Waals surface area contributed by atoms with Crippen LogP contribution < -0.4 is 9.47 Å². The molecule has 0 radical (unpaired) electrons. The second-order valence-electron chi connectivity index (χ2n) is 5.40. The summed E-state index contributed by atoms with van der Waals surface area (Å²) in [6, 6.07) is 9.14. The number of hydrogen-bond donors (Lipinski definition) is 0. The molecule has 0 saturated heterocycles. The van der Waals surface area contributed by atoms with Gasteiger partial charge in [0.2, 0.25) is 5.88 Å². The number of fused-ring (bicyclic) bond motifs is 1. The van der Waals surface area contributed by atoms with Crippen molar-refractivity contribution < 1.29 is 14.3 Å². The van der Waals surface area contributed by atoms with Gasteiger partial charge in [0.05, 0.1) is 5.56 Å². The molecule has 0 bridgehead atoms. The quantitative estimate of drug-likeness (QED) is 0.801. The summed E-state index contributed by atoms with van der Waals surface area (Å²) >= 11 is 0. The molecule has 0 fully saturated rings. The topological polar surface area (TPSA) is 48.4 Å². The lowest BCUT2D eigenvalue weighted by Gasteiger charge is -2.18. The van der Waals surface area contributed by atoms with Crippen molar-refractivity contribution in [3.8, 4) is 17.4 Å². The third-order valence-corrected chi connectivity index (χ3v) is 3.19. The Morgan fingerprint density at radius 3 is 2.95 bits per heavy atom. The minimum atomic E-state index is -0.237. The second kappa shape index (κ2) is 4.63. The van der Waals surface area contributed by atoms with Gasteiger partial charge in [-0.2, -0.15) is 0 Å². The van der Waals surface area contributed by atoms with Gasteiger partial charge in [0.25, 0.3) is 0 Å². The first-order valence-electron chi connectivity index (χ1n) is 6.48. The number of nitrogens with zero attached hydrogens (tertiary/aromatic N) is 1. The first-order chi connectivity index (χ1) is 9.59. The van der Waals surface area contributed by atoms with Gasteiger partial charge >= 0.3 is 0 Å². The number of pyridine rings is 1. The van der Waals surface area contributed by atoms with Crippen molar-refractivity contribution in [3.63, 3.8) is 0 Å². The van der Waals surface area contributed by atoms with Crippen molar-refractivity contribution in [2.24, 2.45) is 0 Å². The summed E-state index contributed by atoms with van der Waals surface area (Å²) in [6.45, 7) is 4.07. The molecule has 2 heterocycles. The smallest absolute Gasteiger partial charge is 0.229 e.